The van der Waals surface area contributed by atoms with E-state index in [2.05, 4.69) is 70.8 Å². The molecule has 2 aliphatic heterocycles. The number of imidazole rings is 2. The highest BCUT2D eigenvalue weighted by atomic mass is 16.5. The minimum absolute atomic E-state index is 0.0853. The third kappa shape index (κ3) is 10.1. The molecule has 0 radical (unpaired) electrons. The lowest BCUT2D eigenvalue weighted by molar-refractivity contribution is -0.139. The van der Waals surface area contributed by atoms with Gasteiger partial charge >= 0.3 is 12.2 Å². The molecule has 4 fully saturated rings. The maximum atomic E-state index is 14.6. The van der Waals surface area contributed by atoms with Crippen molar-refractivity contribution in [2.45, 2.75) is 168 Å². The Morgan fingerprint density at radius 1 is 0.632 bits per heavy atom. The second-order valence-corrected chi connectivity index (χ2v) is 20.5. The molecule has 68 heavy (non-hydrogen) atoms. The third-order valence-corrected chi connectivity index (χ3v) is 15.7. The molecule has 2 aromatic carbocycles. The van der Waals surface area contributed by atoms with Crippen LogP contribution in [0.3, 0.4) is 0 Å². The predicted octanol–water partition coefficient (Wildman–Crippen LogP) is 9.80. The number of amides is 4. The number of hydrogen-bond donors (Lipinski definition) is 4. The van der Waals surface area contributed by atoms with Crippen molar-refractivity contribution < 1.29 is 28.7 Å². The number of aromatic amines is 2. The molecule has 4 heterocycles. The summed E-state index contributed by atoms with van der Waals surface area (Å²) >= 11 is 0. The van der Waals surface area contributed by atoms with Crippen LogP contribution in [0.5, 0.6) is 0 Å². The summed E-state index contributed by atoms with van der Waals surface area (Å²) < 4.78 is 9.89. The number of carbonyl (C=O) groups excluding carboxylic acids is 4. The number of nitrogens with one attached hydrogen (secondary N) is 4. The monoisotopic (exact) mass is 931 g/mol. The molecule has 14 heteroatoms. The molecular formula is C54H74N8O6. The lowest BCUT2D eigenvalue weighted by Crippen LogP contribution is -2.53. The lowest BCUT2D eigenvalue weighted by atomic mass is 9.84. The van der Waals surface area contributed by atoms with Crippen molar-refractivity contribution in [3.8, 4) is 22.5 Å². The van der Waals surface area contributed by atoms with E-state index in [1.54, 1.807) is 0 Å². The average molecular weight is 931 g/mol. The Balaban J connectivity index is 1.15. The number of ether oxygens (including phenoxy) is 2. The van der Waals surface area contributed by atoms with Crippen molar-refractivity contribution in [1.29, 1.82) is 0 Å². The molecule has 4 aliphatic rings. The van der Waals surface area contributed by atoms with Gasteiger partial charge in [0.15, 0.2) is 0 Å². The average Bonchev–Trinajstić information content (AvgIpc) is 4.18. The van der Waals surface area contributed by atoms with E-state index in [0.717, 1.165) is 135 Å². The Kier molecular flexibility index (Phi) is 15.3. The zero-order valence-corrected chi connectivity index (χ0v) is 41.5. The molecule has 6 unspecified atom stereocenters. The fraction of sp³-hybridized carbons (Fsp3) is 0.593. The van der Waals surface area contributed by atoms with E-state index in [1.807, 2.05) is 49.9 Å². The molecule has 8 rings (SSSR count). The molecule has 4 aromatic rings. The second kappa shape index (κ2) is 21.3. The summed E-state index contributed by atoms with van der Waals surface area (Å²) in [4.78, 5) is 75.8. The summed E-state index contributed by atoms with van der Waals surface area (Å²) in [5.74, 6) is 1.83. The summed E-state index contributed by atoms with van der Waals surface area (Å²) in [6, 6.07) is 11.7. The molecule has 2 aromatic heterocycles. The van der Waals surface area contributed by atoms with Crippen LogP contribution in [0.15, 0.2) is 48.8 Å². The molecule has 366 valence electrons. The quantitative estimate of drug-likeness (QED) is 0.0912. The van der Waals surface area contributed by atoms with Gasteiger partial charge in [0.2, 0.25) is 11.8 Å². The van der Waals surface area contributed by atoms with Crippen LogP contribution >= 0.6 is 0 Å². The normalized spacial score (nSPS) is 23.3. The Morgan fingerprint density at radius 3 is 1.51 bits per heavy atom. The van der Waals surface area contributed by atoms with Crippen molar-refractivity contribution in [3.05, 3.63) is 82.7 Å². The number of benzene rings is 2. The number of H-pyrrole nitrogens is 2. The number of fused-ring (bicyclic) bond motifs is 2. The Morgan fingerprint density at radius 2 is 1.07 bits per heavy atom. The maximum absolute atomic E-state index is 14.6. The van der Waals surface area contributed by atoms with Gasteiger partial charge in [-0.25, -0.2) is 19.6 Å². The molecule has 4 N–H and O–H groups in total. The molecule has 2 saturated heterocycles. The van der Waals surface area contributed by atoms with Crippen molar-refractivity contribution in [2.24, 2.45) is 23.7 Å². The number of rotatable bonds is 15. The first-order chi connectivity index (χ1) is 32.8. The topological polar surface area (TPSA) is 175 Å². The van der Waals surface area contributed by atoms with E-state index in [4.69, 9.17) is 19.4 Å². The van der Waals surface area contributed by atoms with Gasteiger partial charge in [-0.05, 0) is 122 Å². The number of carbonyl (C=O) groups is 4. The first-order valence-corrected chi connectivity index (χ1v) is 25.5. The Hall–Kier alpha value is -5.66. The first kappa shape index (κ1) is 48.8. The summed E-state index contributed by atoms with van der Waals surface area (Å²) in [5.41, 5.74) is 8.84. The Labute approximate surface area is 402 Å². The first-order valence-electron chi connectivity index (χ1n) is 25.5. The summed E-state index contributed by atoms with van der Waals surface area (Å²) in [6.07, 6.45) is 16.1. The van der Waals surface area contributed by atoms with Gasteiger partial charge in [-0.1, -0.05) is 91.5 Å². The van der Waals surface area contributed by atoms with Crippen molar-refractivity contribution in [2.75, 3.05) is 14.2 Å². The van der Waals surface area contributed by atoms with Gasteiger partial charge in [0.25, 0.3) is 0 Å². The van der Waals surface area contributed by atoms with Gasteiger partial charge < -0.3 is 39.9 Å². The molecule has 0 bridgehead atoms. The Bertz CT molecular complexity index is 2410. The van der Waals surface area contributed by atoms with Crippen molar-refractivity contribution >= 4 is 24.0 Å². The van der Waals surface area contributed by atoms with Crippen LogP contribution in [0.2, 0.25) is 0 Å². The minimum Gasteiger partial charge on any atom is -0.453 e. The van der Waals surface area contributed by atoms with E-state index >= 15 is 0 Å². The molecule has 2 aliphatic carbocycles. The zero-order valence-electron chi connectivity index (χ0n) is 41.5. The smallest absolute Gasteiger partial charge is 0.407 e. The van der Waals surface area contributed by atoms with E-state index in [1.165, 1.54) is 25.3 Å². The van der Waals surface area contributed by atoms with Gasteiger partial charge in [-0.15, -0.1) is 0 Å². The zero-order chi connectivity index (χ0) is 48.2. The van der Waals surface area contributed by atoms with E-state index < -0.39 is 24.3 Å². The van der Waals surface area contributed by atoms with Crippen molar-refractivity contribution in [3.63, 3.8) is 0 Å². The van der Waals surface area contributed by atoms with Gasteiger partial charge in [0, 0.05) is 23.2 Å². The number of methoxy groups -OCH3 is 2. The molecule has 14 nitrogen and oxygen atoms in total. The second-order valence-electron chi connectivity index (χ2n) is 20.5. The number of aryl methyl sites for hydroxylation is 4. The standard InChI is InChI=1S/C54H74N8O6/c1-9-33-19-21-34(22-20-33)23-24-36-26-39(41-29-55-49(57-41)45-27-37-15-11-13-17-43(37)61(45)51(63)47(31(3)4)59-53(65)67-7)35(10-2)25-40(36)42-30-56-50(58-42)46-28-38-16-12-14-18-44(38)62(46)52(64)48(32(5)6)60-54(66)68-8/h19-22,25-26,29-32,37-38,43-48H,9-18,23-24,27-28H2,1-8H3,(H,55,57)(H,56,58)(H,59,65)(H,60,66)/t37?,38?,43?,44?,45-,46-,47?,48?/m0/s1. The van der Waals surface area contributed by atoms with Gasteiger partial charge in [-0.3, -0.25) is 9.59 Å². The van der Waals surface area contributed by atoms with Crippen LogP contribution in [0.4, 0.5) is 9.59 Å². The van der Waals surface area contributed by atoms with Gasteiger partial charge in [0.1, 0.15) is 23.7 Å². The van der Waals surface area contributed by atoms with Crippen LogP contribution in [0.25, 0.3) is 22.5 Å². The SMILES string of the molecule is CCc1ccc(CCc2cc(-c3cnc([C@@H]4CC5CCCCC5N4C(=O)C(NC(=O)OC)C(C)C)[nH]3)c(CC)cc2-c2cnc([C@@H]3CC4CCCCC4N3C(=O)C(NC(=O)OC)C(C)C)[nH]2)cc1. The van der Waals surface area contributed by atoms with Crippen LogP contribution < -0.4 is 10.6 Å². The highest BCUT2D eigenvalue weighted by Crippen LogP contribution is 2.48. The summed E-state index contributed by atoms with van der Waals surface area (Å²) in [5, 5.41) is 5.68. The maximum Gasteiger partial charge on any atom is 0.407 e. The molecule has 8 atom stereocenters. The highest BCUT2D eigenvalue weighted by Gasteiger charge is 2.50. The van der Waals surface area contributed by atoms with Gasteiger partial charge in [0.05, 0.1) is 50.1 Å². The van der Waals surface area contributed by atoms with Gasteiger partial charge in [-0.2, -0.15) is 0 Å². The highest BCUT2D eigenvalue weighted by molar-refractivity contribution is 5.88. The number of aromatic nitrogens is 4. The molecule has 0 spiro atoms. The van der Waals surface area contributed by atoms with Crippen LogP contribution in [-0.4, -0.2) is 92.1 Å². The van der Waals surface area contributed by atoms with Crippen LogP contribution in [0.1, 0.15) is 152 Å². The summed E-state index contributed by atoms with van der Waals surface area (Å²) in [7, 11) is 2.65. The predicted molar refractivity (Wildman–Crippen MR) is 262 cm³/mol. The number of alkyl carbamates (subject to hydrolysis) is 2. The molecular weight excluding hydrogens is 857 g/mol. The minimum atomic E-state index is -0.720. The lowest BCUT2D eigenvalue weighted by Gasteiger charge is -2.36. The molecule has 4 amide bonds. The number of nitrogens with zero attached hydrogens (tertiary/aromatic N) is 4. The third-order valence-electron chi connectivity index (χ3n) is 15.7. The van der Waals surface area contributed by atoms with E-state index in [0.29, 0.717) is 11.8 Å². The fourth-order valence-electron chi connectivity index (χ4n) is 12.0. The largest absolute Gasteiger partial charge is 0.453 e. The van der Waals surface area contributed by atoms with Crippen LogP contribution in [0, 0.1) is 23.7 Å². The van der Waals surface area contributed by atoms with E-state index in [-0.39, 0.29) is 47.8 Å². The van der Waals surface area contributed by atoms with Crippen LogP contribution in [-0.2, 0) is 44.7 Å². The molecule has 2 saturated carbocycles. The summed E-state index contributed by atoms with van der Waals surface area (Å²) in [6.45, 7) is 12.2. The van der Waals surface area contributed by atoms with Crippen molar-refractivity contribution in [1.82, 2.24) is 40.4 Å². The fourth-order valence-corrected chi connectivity index (χ4v) is 12.0. The van der Waals surface area contributed by atoms with E-state index in [9.17, 15) is 19.2 Å². The number of hydrogen-bond acceptors (Lipinski definition) is 8. The number of likely N-dealkylation sites (tertiary alicyclic amines) is 2.